The van der Waals surface area contributed by atoms with Gasteiger partial charge in [0.05, 0.1) is 18.0 Å². The van der Waals surface area contributed by atoms with Gasteiger partial charge >= 0.3 is 5.97 Å². The molecule has 1 aliphatic rings. The Bertz CT molecular complexity index is 530. The summed E-state index contributed by atoms with van der Waals surface area (Å²) in [6.07, 6.45) is 0.0908. The number of hydrogen-bond acceptors (Lipinski definition) is 3. The third kappa shape index (κ3) is 1.84. The number of anilines is 1. The molecule has 1 unspecified atom stereocenters. The van der Waals surface area contributed by atoms with E-state index in [0.29, 0.717) is 11.1 Å². The van der Waals surface area contributed by atoms with Crippen molar-refractivity contribution >= 4 is 17.6 Å². The van der Waals surface area contributed by atoms with Crippen LogP contribution in [-0.2, 0) is 16.0 Å². The number of aliphatic carboxylic acids is 1. The van der Waals surface area contributed by atoms with Gasteiger partial charge < -0.3 is 15.7 Å². The highest BCUT2D eigenvalue weighted by Gasteiger charge is 2.30. The smallest absolute Gasteiger partial charge is 0.312 e. The van der Waals surface area contributed by atoms with Crippen LogP contribution in [0.1, 0.15) is 17.0 Å². The summed E-state index contributed by atoms with van der Waals surface area (Å²) in [5.74, 6) is -2.85. The van der Waals surface area contributed by atoms with Crippen molar-refractivity contribution in [1.29, 1.82) is 0 Å². The zero-order valence-electron chi connectivity index (χ0n) is 9.81. The van der Waals surface area contributed by atoms with Gasteiger partial charge in [0.25, 0.3) is 0 Å². The third-order valence-corrected chi connectivity index (χ3v) is 3.15. The van der Waals surface area contributed by atoms with Crippen molar-refractivity contribution in [3.63, 3.8) is 0 Å². The lowest BCUT2D eigenvalue weighted by Gasteiger charge is -2.15. The fourth-order valence-electron chi connectivity index (χ4n) is 2.18. The molecular formula is C12H13FN2O3. The van der Waals surface area contributed by atoms with E-state index in [2.05, 4.69) is 0 Å². The Balaban J connectivity index is 2.50. The third-order valence-electron chi connectivity index (χ3n) is 3.15. The highest BCUT2D eigenvalue weighted by Crippen LogP contribution is 2.33. The summed E-state index contributed by atoms with van der Waals surface area (Å²) in [5.41, 5.74) is 6.41. The number of likely N-dealkylation sites (N-methyl/N-ethyl adjacent to an activating group) is 1. The normalized spacial score (nSPS) is 15.7. The van der Waals surface area contributed by atoms with Crippen molar-refractivity contribution in [1.82, 2.24) is 0 Å². The first-order valence-electron chi connectivity index (χ1n) is 5.47. The summed E-state index contributed by atoms with van der Waals surface area (Å²) >= 11 is 0. The molecule has 0 radical (unpaired) electrons. The van der Waals surface area contributed by atoms with E-state index >= 15 is 0 Å². The van der Waals surface area contributed by atoms with Crippen LogP contribution >= 0.6 is 0 Å². The minimum Gasteiger partial charge on any atom is -0.481 e. The molecule has 96 valence electrons. The summed E-state index contributed by atoms with van der Waals surface area (Å²) in [6.45, 7) is -0.114. The number of benzene rings is 1. The van der Waals surface area contributed by atoms with Crippen molar-refractivity contribution < 1.29 is 19.1 Å². The molecule has 0 bridgehead atoms. The van der Waals surface area contributed by atoms with Gasteiger partial charge in [-0.2, -0.15) is 0 Å². The molecule has 1 aromatic rings. The molecule has 1 heterocycles. The second kappa shape index (κ2) is 4.38. The van der Waals surface area contributed by atoms with Crippen LogP contribution in [0.3, 0.4) is 0 Å². The van der Waals surface area contributed by atoms with Crippen LogP contribution in [0.4, 0.5) is 10.1 Å². The molecule has 0 aromatic heterocycles. The number of nitrogens with two attached hydrogens (primary N) is 1. The first-order valence-corrected chi connectivity index (χ1v) is 5.47. The fraction of sp³-hybridized carbons (Fsp3) is 0.333. The average Bonchev–Trinajstić information content (AvgIpc) is 2.55. The quantitative estimate of drug-likeness (QED) is 0.819. The fourth-order valence-corrected chi connectivity index (χ4v) is 2.18. The van der Waals surface area contributed by atoms with Gasteiger partial charge in [-0.15, -0.1) is 0 Å². The van der Waals surface area contributed by atoms with Crippen LogP contribution in [0.5, 0.6) is 0 Å². The topological polar surface area (TPSA) is 83.6 Å². The summed E-state index contributed by atoms with van der Waals surface area (Å²) < 4.78 is 13.9. The number of fused-ring (bicyclic) bond motifs is 1. The standard InChI is InChI=1S/C12H13FN2O3/c1-15-10(16)4-7-2-6(3-9(13)11(7)15)8(5-14)12(17)18/h2-3,8H,4-5,14H2,1H3,(H,17,18). The zero-order chi connectivity index (χ0) is 13.4. The lowest BCUT2D eigenvalue weighted by molar-refractivity contribution is -0.138. The minimum absolute atomic E-state index is 0.0908. The van der Waals surface area contributed by atoms with Gasteiger partial charge in [-0.1, -0.05) is 6.07 Å². The molecular weight excluding hydrogens is 239 g/mol. The van der Waals surface area contributed by atoms with Crippen molar-refractivity contribution in [2.45, 2.75) is 12.3 Å². The number of halogens is 1. The summed E-state index contributed by atoms with van der Waals surface area (Å²) in [4.78, 5) is 23.7. The van der Waals surface area contributed by atoms with Crippen LogP contribution in [0.15, 0.2) is 12.1 Å². The summed E-state index contributed by atoms with van der Waals surface area (Å²) in [7, 11) is 1.49. The van der Waals surface area contributed by atoms with Crippen molar-refractivity contribution in [3.8, 4) is 0 Å². The van der Waals surface area contributed by atoms with E-state index in [1.165, 1.54) is 11.9 Å². The number of carbonyl (C=O) groups excluding carboxylic acids is 1. The van der Waals surface area contributed by atoms with E-state index < -0.39 is 17.7 Å². The number of carbonyl (C=O) groups is 2. The van der Waals surface area contributed by atoms with Gasteiger partial charge in [-0.3, -0.25) is 9.59 Å². The van der Waals surface area contributed by atoms with Gasteiger partial charge in [0.2, 0.25) is 5.91 Å². The van der Waals surface area contributed by atoms with Crippen molar-refractivity contribution in [2.75, 3.05) is 18.5 Å². The Morgan fingerprint density at radius 1 is 1.61 bits per heavy atom. The molecule has 18 heavy (non-hydrogen) atoms. The summed E-state index contributed by atoms with van der Waals surface area (Å²) in [6, 6.07) is 2.69. The molecule has 1 atom stereocenters. The Labute approximate surface area is 103 Å². The van der Waals surface area contributed by atoms with Gasteiger partial charge in [0, 0.05) is 13.6 Å². The van der Waals surface area contributed by atoms with Crippen LogP contribution < -0.4 is 10.6 Å². The molecule has 6 heteroatoms. The second-order valence-electron chi connectivity index (χ2n) is 4.27. The number of rotatable bonds is 3. The molecule has 1 aliphatic heterocycles. The SMILES string of the molecule is CN1C(=O)Cc2cc(C(CN)C(=O)O)cc(F)c21. The number of amides is 1. The van der Waals surface area contributed by atoms with E-state index in [1.54, 1.807) is 6.07 Å². The molecule has 0 saturated heterocycles. The highest BCUT2D eigenvalue weighted by atomic mass is 19.1. The highest BCUT2D eigenvalue weighted by molar-refractivity contribution is 6.01. The summed E-state index contributed by atoms with van der Waals surface area (Å²) in [5, 5.41) is 8.99. The lowest BCUT2D eigenvalue weighted by Crippen LogP contribution is -2.22. The average molecular weight is 252 g/mol. The largest absolute Gasteiger partial charge is 0.481 e. The molecule has 0 spiro atoms. The Morgan fingerprint density at radius 3 is 2.83 bits per heavy atom. The van der Waals surface area contributed by atoms with E-state index in [0.717, 1.165) is 6.07 Å². The van der Waals surface area contributed by atoms with Crippen molar-refractivity contribution in [3.05, 3.63) is 29.1 Å². The van der Waals surface area contributed by atoms with E-state index in [-0.39, 0.29) is 24.6 Å². The van der Waals surface area contributed by atoms with Gasteiger partial charge in [0.1, 0.15) is 5.82 Å². The predicted molar refractivity (Wildman–Crippen MR) is 62.9 cm³/mol. The van der Waals surface area contributed by atoms with Gasteiger partial charge in [-0.05, 0) is 17.2 Å². The second-order valence-corrected chi connectivity index (χ2v) is 4.27. The number of hydrogen-bond donors (Lipinski definition) is 2. The molecule has 0 aliphatic carbocycles. The maximum absolute atomic E-state index is 13.9. The lowest BCUT2D eigenvalue weighted by atomic mass is 9.96. The molecule has 0 fully saturated rings. The number of nitrogens with zero attached hydrogens (tertiary/aromatic N) is 1. The molecule has 5 nitrogen and oxygen atoms in total. The van der Waals surface area contributed by atoms with Crippen LogP contribution in [0.2, 0.25) is 0 Å². The maximum atomic E-state index is 13.9. The minimum atomic E-state index is -1.10. The first kappa shape index (κ1) is 12.5. The zero-order valence-corrected chi connectivity index (χ0v) is 9.81. The van der Waals surface area contributed by atoms with Crippen molar-refractivity contribution in [2.24, 2.45) is 5.73 Å². The van der Waals surface area contributed by atoms with Crippen LogP contribution in [0, 0.1) is 5.82 Å². The Hall–Kier alpha value is -1.95. The molecule has 0 saturated carbocycles. The van der Waals surface area contributed by atoms with Gasteiger partial charge in [0.15, 0.2) is 0 Å². The maximum Gasteiger partial charge on any atom is 0.312 e. The van der Waals surface area contributed by atoms with E-state index in [9.17, 15) is 14.0 Å². The number of carboxylic acid groups (broad SMARTS) is 1. The monoisotopic (exact) mass is 252 g/mol. The van der Waals surface area contributed by atoms with Gasteiger partial charge in [-0.25, -0.2) is 4.39 Å². The Kier molecular flexibility index (Phi) is 3.04. The Morgan fingerprint density at radius 2 is 2.28 bits per heavy atom. The molecule has 1 amide bonds. The molecule has 3 N–H and O–H groups in total. The first-order chi connectivity index (χ1) is 8.45. The number of carboxylic acids is 1. The molecule has 2 rings (SSSR count). The van der Waals surface area contributed by atoms with Crippen LogP contribution in [0.25, 0.3) is 0 Å². The predicted octanol–water partition coefficient (Wildman–Crippen LogP) is 0.472. The molecule has 1 aromatic carbocycles. The van der Waals surface area contributed by atoms with Crippen LogP contribution in [-0.4, -0.2) is 30.6 Å². The van der Waals surface area contributed by atoms with E-state index in [4.69, 9.17) is 10.8 Å². The van der Waals surface area contributed by atoms with E-state index in [1.807, 2.05) is 0 Å².